The molecule has 1 aromatic carbocycles. The number of aryl methyl sites for hydroxylation is 2. The monoisotopic (exact) mass is 274 g/mol. The summed E-state index contributed by atoms with van der Waals surface area (Å²) >= 11 is 0. The number of anilines is 1. The fraction of sp³-hybridized carbons (Fsp3) is 0.467. The van der Waals surface area contributed by atoms with E-state index in [9.17, 15) is 14.7 Å². The number of carbonyl (C=O) groups is 2. The molecular formula is C15H18N2O3. The van der Waals surface area contributed by atoms with Crippen LogP contribution in [0.4, 0.5) is 5.69 Å². The van der Waals surface area contributed by atoms with E-state index in [2.05, 4.69) is 6.07 Å². The third-order valence-electron chi connectivity index (χ3n) is 4.29. The Morgan fingerprint density at radius 3 is 2.35 bits per heavy atom. The van der Waals surface area contributed by atoms with E-state index in [1.54, 1.807) is 0 Å². The summed E-state index contributed by atoms with van der Waals surface area (Å²) in [5.74, 6) is -0.987. The van der Waals surface area contributed by atoms with Gasteiger partial charge in [-0.15, -0.1) is 0 Å². The maximum absolute atomic E-state index is 11.9. The number of hydrogen-bond acceptors (Lipinski definition) is 3. The fourth-order valence-corrected chi connectivity index (χ4v) is 3.52. The van der Waals surface area contributed by atoms with Gasteiger partial charge in [-0.3, -0.25) is 4.79 Å². The zero-order chi connectivity index (χ0) is 14.5. The van der Waals surface area contributed by atoms with Crippen LogP contribution >= 0.6 is 0 Å². The third-order valence-corrected chi connectivity index (χ3v) is 4.29. The molecule has 1 unspecified atom stereocenters. The van der Waals surface area contributed by atoms with Crippen LogP contribution in [0.2, 0.25) is 0 Å². The highest BCUT2D eigenvalue weighted by molar-refractivity contribution is 5.94. The number of fused-ring (bicyclic) bond motifs is 1. The van der Waals surface area contributed by atoms with Gasteiger partial charge in [-0.05, 0) is 37.1 Å². The minimum Gasteiger partial charge on any atom is -0.478 e. The van der Waals surface area contributed by atoms with E-state index in [1.165, 1.54) is 4.90 Å². The number of carbonyl (C=O) groups excluding carboxylic acids is 1. The van der Waals surface area contributed by atoms with Crippen LogP contribution in [0.3, 0.4) is 0 Å². The first-order valence-electron chi connectivity index (χ1n) is 6.85. The van der Waals surface area contributed by atoms with E-state index >= 15 is 0 Å². The van der Waals surface area contributed by atoms with Crippen molar-refractivity contribution in [1.29, 1.82) is 0 Å². The van der Waals surface area contributed by atoms with Crippen molar-refractivity contribution >= 4 is 17.6 Å². The molecule has 0 saturated carbocycles. The molecule has 5 nitrogen and oxygen atoms in total. The topological polar surface area (TPSA) is 60.9 Å². The lowest BCUT2D eigenvalue weighted by atomic mass is 10.0. The van der Waals surface area contributed by atoms with E-state index in [-0.39, 0.29) is 5.91 Å². The summed E-state index contributed by atoms with van der Waals surface area (Å²) in [5, 5.41) is 9.73. The predicted octanol–water partition coefficient (Wildman–Crippen LogP) is 1.53. The molecule has 2 heterocycles. The Morgan fingerprint density at radius 2 is 1.75 bits per heavy atom. The zero-order valence-electron chi connectivity index (χ0n) is 11.7. The smallest absolute Gasteiger partial charge is 0.350 e. The van der Waals surface area contributed by atoms with Crippen molar-refractivity contribution in [3.8, 4) is 0 Å². The van der Waals surface area contributed by atoms with Crippen LogP contribution in [0.25, 0.3) is 0 Å². The Hall–Kier alpha value is -2.04. The highest BCUT2D eigenvalue weighted by atomic mass is 16.4. The molecule has 3 rings (SSSR count). The van der Waals surface area contributed by atoms with Crippen molar-refractivity contribution < 1.29 is 14.7 Å². The SMILES string of the molecule is Cc1cc(C)cc(N2CCN3C(=O)CCC32C(=O)O)c1. The van der Waals surface area contributed by atoms with Gasteiger partial charge >= 0.3 is 5.97 Å². The number of carboxylic acids is 1. The van der Waals surface area contributed by atoms with Crippen LogP contribution in [-0.4, -0.2) is 40.6 Å². The lowest BCUT2D eigenvalue weighted by Gasteiger charge is -2.36. The Balaban J connectivity index is 2.09. The molecule has 0 aliphatic carbocycles. The van der Waals surface area contributed by atoms with Gasteiger partial charge in [-0.2, -0.15) is 0 Å². The summed E-state index contributed by atoms with van der Waals surface area (Å²) in [7, 11) is 0. The summed E-state index contributed by atoms with van der Waals surface area (Å²) < 4.78 is 0. The van der Waals surface area contributed by atoms with Crippen LogP contribution < -0.4 is 4.90 Å². The Labute approximate surface area is 117 Å². The summed E-state index contributed by atoms with van der Waals surface area (Å²) in [4.78, 5) is 27.2. The maximum atomic E-state index is 11.9. The van der Waals surface area contributed by atoms with E-state index in [1.807, 2.05) is 30.9 Å². The number of nitrogens with zero attached hydrogens (tertiary/aromatic N) is 2. The number of amides is 1. The molecule has 1 aromatic rings. The lowest BCUT2D eigenvalue weighted by molar-refractivity contribution is -0.151. The average molecular weight is 274 g/mol. The number of benzene rings is 1. The van der Waals surface area contributed by atoms with Gasteiger partial charge in [0.1, 0.15) is 0 Å². The van der Waals surface area contributed by atoms with E-state index in [4.69, 9.17) is 0 Å². The molecule has 20 heavy (non-hydrogen) atoms. The van der Waals surface area contributed by atoms with Gasteiger partial charge in [0.15, 0.2) is 0 Å². The summed E-state index contributed by atoms with van der Waals surface area (Å²) in [6, 6.07) is 6.04. The first-order chi connectivity index (χ1) is 9.45. The van der Waals surface area contributed by atoms with Crippen LogP contribution in [-0.2, 0) is 9.59 Å². The molecule has 5 heteroatoms. The van der Waals surface area contributed by atoms with Crippen molar-refractivity contribution in [2.24, 2.45) is 0 Å². The van der Waals surface area contributed by atoms with Gasteiger partial charge < -0.3 is 14.9 Å². The van der Waals surface area contributed by atoms with Crippen molar-refractivity contribution in [2.75, 3.05) is 18.0 Å². The second kappa shape index (κ2) is 4.23. The Morgan fingerprint density at radius 1 is 1.15 bits per heavy atom. The largest absolute Gasteiger partial charge is 0.478 e. The molecule has 1 amide bonds. The van der Waals surface area contributed by atoms with Crippen LogP contribution in [0, 0.1) is 13.8 Å². The molecule has 0 bridgehead atoms. The third kappa shape index (κ3) is 1.62. The molecule has 1 atom stereocenters. The normalized spacial score (nSPS) is 25.2. The minimum absolute atomic E-state index is 0.0562. The average Bonchev–Trinajstić information content (AvgIpc) is 2.88. The van der Waals surface area contributed by atoms with Crippen LogP contribution in [0.15, 0.2) is 18.2 Å². The van der Waals surface area contributed by atoms with Gasteiger partial charge in [0.05, 0.1) is 0 Å². The highest BCUT2D eigenvalue weighted by Gasteiger charge is 2.59. The van der Waals surface area contributed by atoms with Crippen molar-refractivity contribution in [2.45, 2.75) is 32.4 Å². The molecule has 2 aliphatic heterocycles. The zero-order valence-corrected chi connectivity index (χ0v) is 11.7. The lowest BCUT2D eigenvalue weighted by Crippen LogP contribution is -2.57. The second-order valence-corrected chi connectivity index (χ2v) is 5.66. The van der Waals surface area contributed by atoms with Gasteiger partial charge in [0, 0.05) is 31.6 Å². The molecule has 0 spiro atoms. The van der Waals surface area contributed by atoms with E-state index in [0.29, 0.717) is 25.9 Å². The fourth-order valence-electron chi connectivity index (χ4n) is 3.52. The number of aliphatic carboxylic acids is 1. The van der Waals surface area contributed by atoms with Crippen LogP contribution in [0.5, 0.6) is 0 Å². The molecule has 2 aliphatic rings. The molecule has 0 radical (unpaired) electrons. The minimum atomic E-state index is -1.18. The number of carboxylic acid groups (broad SMARTS) is 1. The number of rotatable bonds is 2. The Bertz CT molecular complexity index is 579. The van der Waals surface area contributed by atoms with Crippen LogP contribution in [0.1, 0.15) is 24.0 Å². The van der Waals surface area contributed by atoms with Gasteiger partial charge in [0.2, 0.25) is 11.6 Å². The Kier molecular flexibility index (Phi) is 2.74. The van der Waals surface area contributed by atoms with E-state index in [0.717, 1.165) is 16.8 Å². The molecule has 2 saturated heterocycles. The van der Waals surface area contributed by atoms with Crippen molar-refractivity contribution in [3.05, 3.63) is 29.3 Å². The predicted molar refractivity (Wildman–Crippen MR) is 74.6 cm³/mol. The van der Waals surface area contributed by atoms with Crippen molar-refractivity contribution in [1.82, 2.24) is 4.90 Å². The molecule has 2 fully saturated rings. The number of hydrogen-bond donors (Lipinski definition) is 1. The quantitative estimate of drug-likeness (QED) is 0.888. The summed E-state index contributed by atoms with van der Waals surface area (Å²) in [5.41, 5.74) is 1.91. The van der Waals surface area contributed by atoms with Gasteiger partial charge in [0.25, 0.3) is 0 Å². The maximum Gasteiger partial charge on any atom is 0.350 e. The van der Waals surface area contributed by atoms with Gasteiger partial charge in [-0.1, -0.05) is 6.07 Å². The summed E-state index contributed by atoms with van der Waals surface area (Å²) in [6.45, 7) is 5.05. The first-order valence-corrected chi connectivity index (χ1v) is 6.85. The second-order valence-electron chi connectivity index (χ2n) is 5.66. The molecular weight excluding hydrogens is 256 g/mol. The standard InChI is InChI=1S/C15H18N2O3/c1-10-7-11(2)9-12(8-10)16-5-6-17-13(18)3-4-15(16,17)14(19)20/h7-9H,3-6H2,1-2H3,(H,19,20). The van der Waals surface area contributed by atoms with Gasteiger partial charge in [-0.25, -0.2) is 4.79 Å². The molecule has 0 aromatic heterocycles. The highest BCUT2D eigenvalue weighted by Crippen LogP contribution is 2.41. The first kappa shape index (κ1) is 13.0. The molecule has 106 valence electrons. The van der Waals surface area contributed by atoms with E-state index < -0.39 is 11.6 Å². The molecule has 1 N–H and O–H groups in total. The summed E-state index contributed by atoms with van der Waals surface area (Å²) in [6.07, 6.45) is 0.668. The van der Waals surface area contributed by atoms with Crippen molar-refractivity contribution in [3.63, 3.8) is 0 Å².